The van der Waals surface area contributed by atoms with Crippen LogP contribution in [0.25, 0.3) is 0 Å². The largest absolute Gasteiger partial charge is 0.495 e. The summed E-state index contributed by atoms with van der Waals surface area (Å²) in [6.07, 6.45) is 7.78. The minimum absolute atomic E-state index is 0.0126. The number of nitrogens with zero attached hydrogens (tertiary/aromatic N) is 6. The third kappa shape index (κ3) is 6.44. The Balaban J connectivity index is 1.13. The van der Waals surface area contributed by atoms with E-state index in [1.807, 2.05) is 45.2 Å². The highest BCUT2D eigenvalue weighted by molar-refractivity contribution is 5.90. The molecule has 2 saturated heterocycles. The highest BCUT2D eigenvalue weighted by Crippen LogP contribution is 2.40. The van der Waals surface area contributed by atoms with Crippen molar-refractivity contribution in [2.75, 3.05) is 44.7 Å². The molecule has 240 valence electrons. The number of nitrogens with one attached hydrogen (secondary N) is 1. The van der Waals surface area contributed by atoms with Gasteiger partial charge in [-0.15, -0.1) is 5.10 Å². The number of methoxy groups -OCH3 is 1. The Labute approximate surface area is 260 Å². The lowest BCUT2D eigenvalue weighted by atomic mass is 9.85. The number of likely N-dealkylation sites (tertiary alicyclic amines) is 1. The SMILES string of the molecule is COc1ccccc1N1CCN(C2CCCCC2NC(=O)[C@@H]2C[C@@H](O)CN2C(=O)[C@@H](n2cc(C3CC3)nn2)C(C)(C)C)CC1. The van der Waals surface area contributed by atoms with E-state index in [4.69, 9.17) is 4.74 Å². The Kier molecular flexibility index (Phi) is 8.88. The second-order valence-electron chi connectivity index (χ2n) is 14.2. The summed E-state index contributed by atoms with van der Waals surface area (Å²) in [5.74, 6) is 0.972. The van der Waals surface area contributed by atoms with Gasteiger partial charge < -0.3 is 25.0 Å². The molecular formula is C33H49N7O4. The van der Waals surface area contributed by atoms with Crippen molar-refractivity contribution in [3.8, 4) is 5.75 Å². The molecule has 2 N–H and O–H groups in total. The second kappa shape index (κ2) is 12.7. The molecule has 1 aromatic heterocycles. The minimum Gasteiger partial charge on any atom is -0.495 e. The molecule has 11 nitrogen and oxygen atoms in total. The normalized spacial score (nSPS) is 27.3. The summed E-state index contributed by atoms with van der Waals surface area (Å²) in [6, 6.07) is 7.09. The van der Waals surface area contributed by atoms with E-state index in [9.17, 15) is 14.7 Å². The first kappa shape index (κ1) is 30.8. The molecule has 6 rings (SSSR count). The van der Waals surface area contributed by atoms with E-state index in [0.717, 1.165) is 81.8 Å². The van der Waals surface area contributed by atoms with Crippen molar-refractivity contribution in [3.63, 3.8) is 0 Å². The van der Waals surface area contributed by atoms with Gasteiger partial charge in [-0.2, -0.15) is 0 Å². The topological polar surface area (TPSA) is 116 Å². The first-order valence-corrected chi connectivity index (χ1v) is 16.5. The Hall–Kier alpha value is -3.18. The highest BCUT2D eigenvalue weighted by Gasteiger charge is 2.46. The average molecular weight is 608 g/mol. The van der Waals surface area contributed by atoms with E-state index in [-0.39, 0.29) is 36.9 Å². The molecule has 0 bridgehead atoms. The van der Waals surface area contributed by atoms with Gasteiger partial charge in [0.05, 0.1) is 24.6 Å². The Morgan fingerprint density at radius 3 is 2.48 bits per heavy atom. The Bertz CT molecular complexity index is 1310. The zero-order valence-electron chi connectivity index (χ0n) is 26.7. The van der Waals surface area contributed by atoms with Crippen molar-refractivity contribution >= 4 is 17.5 Å². The van der Waals surface area contributed by atoms with Crippen LogP contribution in [0.15, 0.2) is 30.5 Å². The molecule has 1 aromatic carbocycles. The lowest BCUT2D eigenvalue weighted by Gasteiger charge is -2.45. The van der Waals surface area contributed by atoms with Gasteiger partial charge in [0, 0.05) is 63.3 Å². The fraction of sp³-hybridized carbons (Fsp3) is 0.697. The molecule has 2 aromatic rings. The van der Waals surface area contributed by atoms with Crippen molar-refractivity contribution in [2.24, 2.45) is 5.41 Å². The number of benzene rings is 1. The van der Waals surface area contributed by atoms with Crippen LogP contribution in [0.1, 0.15) is 83.4 Å². The Morgan fingerprint density at radius 2 is 1.77 bits per heavy atom. The van der Waals surface area contributed by atoms with Gasteiger partial charge in [-0.25, -0.2) is 4.68 Å². The van der Waals surface area contributed by atoms with Crippen molar-refractivity contribution in [2.45, 2.75) is 102 Å². The highest BCUT2D eigenvalue weighted by atomic mass is 16.5. The summed E-state index contributed by atoms with van der Waals surface area (Å²) in [5.41, 5.74) is 1.59. The van der Waals surface area contributed by atoms with Gasteiger partial charge in [-0.05, 0) is 43.2 Å². The zero-order valence-corrected chi connectivity index (χ0v) is 26.7. The smallest absolute Gasteiger partial charge is 0.248 e. The number of carbonyl (C=O) groups is 2. The number of ether oxygens (including phenoxy) is 1. The minimum atomic E-state index is -0.738. The summed E-state index contributed by atoms with van der Waals surface area (Å²) >= 11 is 0. The first-order valence-electron chi connectivity index (χ1n) is 16.5. The number of aliphatic hydroxyl groups excluding tert-OH is 1. The predicted molar refractivity (Wildman–Crippen MR) is 168 cm³/mol. The summed E-state index contributed by atoms with van der Waals surface area (Å²) in [7, 11) is 1.71. The average Bonchev–Trinajstić information content (AvgIpc) is 3.62. The van der Waals surface area contributed by atoms with Gasteiger partial charge in [0.25, 0.3) is 0 Å². The molecule has 2 saturated carbocycles. The molecule has 44 heavy (non-hydrogen) atoms. The molecule has 3 heterocycles. The number of anilines is 1. The molecule has 2 aliphatic heterocycles. The molecule has 4 aliphatic rings. The van der Waals surface area contributed by atoms with Crippen molar-refractivity contribution < 1.29 is 19.4 Å². The van der Waals surface area contributed by atoms with Gasteiger partial charge in [0.1, 0.15) is 17.8 Å². The van der Waals surface area contributed by atoms with Crippen LogP contribution in [-0.4, -0.2) is 106 Å². The zero-order chi connectivity index (χ0) is 31.0. The third-order valence-corrected chi connectivity index (χ3v) is 9.97. The van der Waals surface area contributed by atoms with Crippen LogP contribution >= 0.6 is 0 Å². The monoisotopic (exact) mass is 607 g/mol. The van der Waals surface area contributed by atoms with Crippen molar-refractivity contribution in [1.82, 2.24) is 30.1 Å². The number of para-hydroxylation sites is 2. The van der Waals surface area contributed by atoms with Crippen LogP contribution in [0.4, 0.5) is 5.69 Å². The number of rotatable bonds is 8. The van der Waals surface area contributed by atoms with Gasteiger partial charge in [0.2, 0.25) is 11.8 Å². The quantitative estimate of drug-likeness (QED) is 0.471. The van der Waals surface area contributed by atoms with E-state index in [1.54, 1.807) is 16.7 Å². The maximum atomic E-state index is 14.2. The predicted octanol–water partition coefficient (Wildman–Crippen LogP) is 2.96. The number of carbonyl (C=O) groups excluding carboxylic acids is 2. The summed E-state index contributed by atoms with van der Waals surface area (Å²) in [6.45, 7) is 9.79. The summed E-state index contributed by atoms with van der Waals surface area (Å²) in [5, 5.41) is 22.8. The van der Waals surface area contributed by atoms with Crippen molar-refractivity contribution in [1.29, 1.82) is 0 Å². The third-order valence-electron chi connectivity index (χ3n) is 9.97. The van der Waals surface area contributed by atoms with Gasteiger partial charge in [-0.3, -0.25) is 14.5 Å². The summed E-state index contributed by atoms with van der Waals surface area (Å²) in [4.78, 5) is 34.6. The van der Waals surface area contributed by atoms with E-state index >= 15 is 0 Å². The molecule has 2 aliphatic carbocycles. The van der Waals surface area contributed by atoms with E-state index in [1.165, 1.54) is 0 Å². The van der Waals surface area contributed by atoms with E-state index < -0.39 is 23.6 Å². The lowest BCUT2D eigenvalue weighted by Crippen LogP contribution is -2.60. The molecule has 5 atom stereocenters. The maximum Gasteiger partial charge on any atom is 0.248 e. The van der Waals surface area contributed by atoms with Crippen LogP contribution in [0.3, 0.4) is 0 Å². The summed E-state index contributed by atoms with van der Waals surface area (Å²) < 4.78 is 7.28. The Morgan fingerprint density at radius 1 is 1.05 bits per heavy atom. The fourth-order valence-corrected chi connectivity index (χ4v) is 7.51. The lowest BCUT2D eigenvalue weighted by molar-refractivity contribution is -0.144. The standard InChI is InChI=1S/C33H49N7O4/c1-33(2,3)30(40-21-25(35-36-40)22-13-14-22)32(43)39-20-23(41)19-28(39)31(42)34-24-9-5-6-10-26(24)37-15-17-38(18-16-37)27-11-7-8-12-29(27)44-4/h7-8,11-12,21-24,26,28,30,41H,5-6,9-10,13-20H2,1-4H3,(H,34,42)/t23-,24?,26?,28+,30-/m1/s1. The second-order valence-corrected chi connectivity index (χ2v) is 14.2. The van der Waals surface area contributed by atoms with Crippen LogP contribution < -0.4 is 15.0 Å². The number of amides is 2. The van der Waals surface area contributed by atoms with Gasteiger partial charge >= 0.3 is 0 Å². The van der Waals surface area contributed by atoms with E-state index in [0.29, 0.717) is 5.92 Å². The number of hydrogen-bond acceptors (Lipinski definition) is 8. The van der Waals surface area contributed by atoms with Crippen LogP contribution in [0.2, 0.25) is 0 Å². The number of β-amino-alcohol motifs (C(OH)–C–C–N with tert-alkyl or cyclic N) is 1. The molecule has 4 fully saturated rings. The van der Waals surface area contributed by atoms with Crippen molar-refractivity contribution in [3.05, 3.63) is 36.2 Å². The number of piperazine rings is 1. The fourth-order valence-electron chi connectivity index (χ4n) is 7.51. The first-order chi connectivity index (χ1) is 21.1. The van der Waals surface area contributed by atoms with Crippen LogP contribution in [0.5, 0.6) is 5.75 Å². The van der Waals surface area contributed by atoms with Gasteiger partial charge in [0.15, 0.2) is 0 Å². The molecule has 2 amide bonds. The number of aromatic nitrogens is 3. The molecule has 0 radical (unpaired) electrons. The number of aliphatic hydroxyl groups is 1. The van der Waals surface area contributed by atoms with Crippen LogP contribution in [-0.2, 0) is 9.59 Å². The molecule has 0 spiro atoms. The van der Waals surface area contributed by atoms with Crippen LogP contribution in [0, 0.1) is 5.41 Å². The maximum absolute atomic E-state index is 14.2. The molecular weight excluding hydrogens is 558 g/mol. The number of hydrogen-bond donors (Lipinski definition) is 2. The molecule has 11 heteroatoms. The van der Waals surface area contributed by atoms with E-state index in [2.05, 4.69) is 31.5 Å². The molecule has 2 unspecified atom stereocenters. The van der Waals surface area contributed by atoms with Gasteiger partial charge in [-0.1, -0.05) is 51.0 Å².